The number of carbonyl (C=O) groups is 1. The molecular weight excluding hydrogens is 771 g/mol. The summed E-state index contributed by atoms with van der Waals surface area (Å²) in [4.78, 5) is 17.6. The molecule has 0 aliphatic carbocycles. The molecule has 0 spiro atoms. The standard InChI is InChI=1S/C47H67NO12/c1-29-19-13-9-12-16-24-41(52)60-45(33(5)38(51)26-32(4)49)30(2)20-14-10-11-15-22-37(50)27-40(56-8)34(6)46-48-36(28-57-46)21-17-18-23-39(31(3)25-29)59-47-44(55)43(54)42(53)35(7)58-47/h9-25,28,30-35,37-40,42-45,47,49-51,53-55H,26-27H2,1-8H3/b11-10+,12-9+,19-13-,20-14-,21-17+,22-15+,23-18-,24-16-,29-25+/t30?,31?,32?,33?,34?,35-,37?,38?,39?,40?,42-,43+,44-,45?,47+/m1/s1. The number of methoxy groups -OCH3 is 1. The molecule has 1 aromatic heterocycles. The smallest absolute Gasteiger partial charge is 0.331 e. The Bertz CT molecular complexity index is 1720. The van der Waals surface area contributed by atoms with E-state index in [0.717, 1.165) is 5.57 Å². The molecule has 13 nitrogen and oxygen atoms in total. The molecule has 2 aliphatic heterocycles. The van der Waals surface area contributed by atoms with Gasteiger partial charge in [-0.25, -0.2) is 9.78 Å². The summed E-state index contributed by atoms with van der Waals surface area (Å²) in [6.07, 6.45) is 21.3. The molecule has 60 heavy (non-hydrogen) atoms. The predicted octanol–water partition coefficient (Wildman–Crippen LogP) is 5.58. The van der Waals surface area contributed by atoms with Gasteiger partial charge in [0.15, 0.2) is 12.2 Å². The fourth-order valence-corrected chi connectivity index (χ4v) is 6.87. The van der Waals surface area contributed by atoms with E-state index in [2.05, 4.69) is 4.98 Å². The molecule has 15 atom stereocenters. The quantitative estimate of drug-likeness (QED) is 0.186. The second-order valence-corrected chi connectivity index (χ2v) is 15.8. The zero-order valence-electron chi connectivity index (χ0n) is 36.0. The van der Waals surface area contributed by atoms with Gasteiger partial charge in [0.1, 0.15) is 36.4 Å². The summed E-state index contributed by atoms with van der Waals surface area (Å²) >= 11 is 0. The average Bonchev–Trinajstić information content (AvgIpc) is 3.68. The maximum atomic E-state index is 13.0. The van der Waals surface area contributed by atoms with Crippen LogP contribution in [0.2, 0.25) is 0 Å². The van der Waals surface area contributed by atoms with Crippen LogP contribution in [0.25, 0.3) is 6.08 Å². The fraction of sp³-hybridized carbons (Fsp3) is 0.532. The molecule has 1 saturated heterocycles. The van der Waals surface area contributed by atoms with Crippen LogP contribution in [0.3, 0.4) is 0 Å². The maximum Gasteiger partial charge on any atom is 0.331 e. The summed E-state index contributed by atoms with van der Waals surface area (Å²) in [5.74, 6) is -1.45. The van der Waals surface area contributed by atoms with E-state index in [-0.39, 0.29) is 30.6 Å². The van der Waals surface area contributed by atoms with Gasteiger partial charge in [0.2, 0.25) is 0 Å². The van der Waals surface area contributed by atoms with Crippen molar-refractivity contribution in [2.45, 2.75) is 135 Å². The topological polar surface area (TPSA) is 201 Å². The summed E-state index contributed by atoms with van der Waals surface area (Å²) in [6, 6.07) is 0. The highest BCUT2D eigenvalue weighted by Crippen LogP contribution is 2.28. The largest absolute Gasteiger partial charge is 0.458 e. The van der Waals surface area contributed by atoms with Gasteiger partial charge in [0.05, 0.1) is 42.5 Å². The van der Waals surface area contributed by atoms with E-state index < -0.39 is 79.2 Å². The van der Waals surface area contributed by atoms with E-state index in [1.54, 1.807) is 94.7 Å². The van der Waals surface area contributed by atoms with Gasteiger partial charge in [-0.2, -0.15) is 0 Å². The zero-order chi connectivity index (χ0) is 44.4. The molecule has 10 unspecified atom stereocenters. The summed E-state index contributed by atoms with van der Waals surface area (Å²) in [5.41, 5.74) is 1.46. The lowest BCUT2D eigenvalue weighted by Crippen LogP contribution is -2.58. The number of hydrogen-bond acceptors (Lipinski definition) is 13. The number of nitrogens with zero attached hydrogens (tertiary/aromatic N) is 1. The Morgan fingerprint density at radius 2 is 1.43 bits per heavy atom. The molecule has 6 N–H and O–H groups in total. The first kappa shape index (κ1) is 50.3. The van der Waals surface area contributed by atoms with Gasteiger partial charge < -0.3 is 54.0 Å². The number of hydrogen-bond donors (Lipinski definition) is 6. The number of oxazole rings is 1. The second-order valence-electron chi connectivity index (χ2n) is 15.8. The van der Waals surface area contributed by atoms with E-state index in [9.17, 15) is 35.4 Å². The number of carbonyl (C=O) groups excluding carboxylic acids is 1. The van der Waals surface area contributed by atoms with Crippen molar-refractivity contribution in [1.82, 2.24) is 4.98 Å². The summed E-state index contributed by atoms with van der Waals surface area (Å²) in [7, 11) is 1.57. The third kappa shape index (κ3) is 16.4. The highest BCUT2D eigenvalue weighted by atomic mass is 16.7. The van der Waals surface area contributed by atoms with Crippen LogP contribution in [0.4, 0.5) is 0 Å². The number of ether oxygens (including phenoxy) is 4. The van der Waals surface area contributed by atoms with Gasteiger partial charge in [0, 0.05) is 37.4 Å². The minimum absolute atomic E-state index is 0.131. The number of rotatable bonds is 7. The Morgan fingerprint density at radius 3 is 2.12 bits per heavy atom. The number of aliphatic hydroxyl groups excluding tert-OH is 6. The second kappa shape index (κ2) is 25.7. The normalized spacial score (nSPS) is 38.6. The zero-order valence-corrected chi connectivity index (χ0v) is 36.0. The SMILES string of the molecule is COC1CC(O)/C=C/C=C/C=C\C(C)C(C(C)C(O)CC(C)O)OC(=O)\C=C/C=C/C=C\C(C)=C\C(C)C(O[C@@H]2O[C@H](C)[C@@H](O)[C@H](O)[C@H]2O)/C=C\C=C\c2coc(n2)C1C. The first-order chi connectivity index (χ1) is 28.5. The van der Waals surface area contributed by atoms with Crippen molar-refractivity contribution in [2.75, 3.05) is 7.11 Å². The number of cyclic esters (lactones) is 1. The summed E-state index contributed by atoms with van der Waals surface area (Å²) in [6.45, 7) is 12.6. The molecule has 2 aliphatic rings. The third-order valence-electron chi connectivity index (χ3n) is 10.6. The minimum atomic E-state index is -1.48. The summed E-state index contributed by atoms with van der Waals surface area (Å²) < 4.78 is 29.3. The first-order valence-electron chi connectivity index (χ1n) is 20.7. The Labute approximate surface area is 355 Å². The number of aromatic nitrogens is 1. The van der Waals surface area contributed by atoms with Crippen molar-refractivity contribution in [3.05, 3.63) is 121 Å². The van der Waals surface area contributed by atoms with Crippen molar-refractivity contribution < 1.29 is 58.8 Å². The molecule has 0 saturated carbocycles. The molecule has 1 aromatic rings. The van der Waals surface area contributed by atoms with Crippen LogP contribution < -0.4 is 0 Å². The molecule has 0 aromatic carbocycles. The van der Waals surface area contributed by atoms with E-state index in [4.69, 9.17) is 23.4 Å². The Morgan fingerprint density at radius 1 is 0.800 bits per heavy atom. The van der Waals surface area contributed by atoms with Crippen molar-refractivity contribution in [3.63, 3.8) is 0 Å². The number of aliphatic hydroxyl groups is 6. The summed E-state index contributed by atoms with van der Waals surface area (Å²) in [5, 5.41) is 62.8. The predicted molar refractivity (Wildman–Crippen MR) is 230 cm³/mol. The van der Waals surface area contributed by atoms with Crippen molar-refractivity contribution in [2.24, 2.45) is 17.8 Å². The fourth-order valence-electron chi connectivity index (χ4n) is 6.87. The maximum absolute atomic E-state index is 13.0. The molecule has 1 fully saturated rings. The molecular formula is C47H67NO12. The Hall–Kier alpha value is -4.02. The van der Waals surface area contributed by atoms with Gasteiger partial charge in [0.25, 0.3) is 0 Å². The van der Waals surface area contributed by atoms with Crippen LogP contribution >= 0.6 is 0 Å². The third-order valence-corrected chi connectivity index (χ3v) is 10.6. The van der Waals surface area contributed by atoms with Crippen molar-refractivity contribution >= 4 is 12.0 Å². The van der Waals surface area contributed by atoms with Crippen LogP contribution in [0, 0.1) is 17.8 Å². The monoisotopic (exact) mass is 837 g/mol. The van der Waals surface area contributed by atoms with Gasteiger partial charge in [-0.1, -0.05) is 124 Å². The lowest BCUT2D eigenvalue weighted by molar-refractivity contribution is -0.302. The molecule has 3 rings (SSSR count). The Balaban J connectivity index is 1.93. The Kier molecular flexibility index (Phi) is 21.5. The molecule has 3 heterocycles. The molecule has 0 radical (unpaired) electrons. The number of fused-ring (bicyclic) bond motifs is 2. The van der Waals surface area contributed by atoms with Gasteiger partial charge in [-0.15, -0.1) is 0 Å². The highest BCUT2D eigenvalue weighted by Gasteiger charge is 2.43. The van der Waals surface area contributed by atoms with Crippen LogP contribution in [0.1, 0.15) is 78.8 Å². The van der Waals surface area contributed by atoms with Crippen LogP contribution in [-0.2, 0) is 23.7 Å². The van der Waals surface area contributed by atoms with E-state index in [1.807, 2.05) is 58.1 Å². The van der Waals surface area contributed by atoms with Gasteiger partial charge in [-0.3, -0.25) is 0 Å². The lowest BCUT2D eigenvalue weighted by Gasteiger charge is -2.40. The van der Waals surface area contributed by atoms with E-state index in [1.165, 1.54) is 12.3 Å². The highest BCUT2D eigenvalue weighted by molar-refractivity contribution is 5.82. The number of allylic oxidation sites excluding steroid dienone is 12. The van der Waals surface area contributed by atoms with Gasteiger partial charge in [-0.05, 0) is 33.3 Å². The molecule has 332 valence electrons. The molecule has 13 heteroatoms. The lowest BCUT2D eigenvalue weighted by atomic mass is 9.86. The van der Waals surface area contributed by atoms with Gasteiger partial charge >= 0.3 is 5.97 Å². The first-order valence-corrected chi connectivity index (χ1v) is 20.7. The van der Waals surface area contributed by atoms with Crippen molar-refractivity contribution in [3.8, 4) is 0 Å². The molecule has 0 amide bonds. The minimum Gasteiger partial charge on any atom is -0.458 e. The molecule has 2 bridgehead atoms. The number of esters is 1. The average molecular weight is 838 g/mol. The van der Waals surface area contributed by atoms with Crippen molar-refractivity contribution in [1.29, 1.82) is 0 Å². The van der Waals surface area contributed by atoms with Crippen LogP contribution in [0.5, 0.6) is 0 Å². The van der Waals surface area contributed by atoms with Crippen LogP contribution in [0.15, 0.2) is 113 Å². The van der Waals surface area contributed by atoms with E-state index in [0.29, 0.717) is 11.6 Å². The van der Waals surface area contributed by atoms with E-state index >= 15 is 0 Å². The van der Waals surface area contributed by atoms with Crippen LogP contribution in [-0.4, -0.2) is 116 Å².